The molecule has 0 aromatic carbocycles. The van der Waals surface area contributed by atoms with E-state index < -0.39 is 5.79 Å². The number of hydrogen-bond acceptors (Lipinski definition) is 4. The number of likely N-dealkylation sites (tertiary alicyclic amines) is 1. The van der Waals surface area contributed by atoms with Crippen LogP contribution < -0.4 is 5.73 Å². The smallest absolute Gasteiger partial charge is 0.219 e. The molecule has 5 heteroatoms. The largest absolute Gasteiger partial charge is 0.347 e. The fourth-order valence-electron chi connectivity index (χ4n) is 3.48. The first kappa shape index (κ1) is 15.7. The van der Waals surface area contributed by atoms with Crippen molar-refractivity contribution in [3.05, 3.63) is 0 Å². The van der Waals surface area contributed by atoms with Crippen molar-refractivity contribution in [2.24, 2.45) is 5.73 Å². The Morgan fingerprint density at radius 2 is 2.10 bits per heavy atom. The number of ether oxygens (including phenoxy) is 2. The summed E-state index contributed by atoms with van der Waals surface area (Å²) in [6.45, 7) is 7.02. The Balaban J connectivity index is 2.10. The molecule has 2 N–H and O–H groups in total. The van der Waals surface area contributed by atoms with Crippen LogP contribution in [0.3, 0.4) is 0 Å². The van der Waals surface area contributed by atoms with E-state index in [1.54, 1.807) is 6.92 Å². The van der Waals surface area contributed by atoms with Crippen molar-refractivity contribution in [2.75, 3.05) is 13.1 Å². The molecule has 0 saturated carbocycles. The van der Waals surface area contributed by atoms with E-state index in [2.05, 4.69) is 0 Å². The first-order valence-corrected chi connectivity index (χ1v) is 7.76. The molecule has 0 aromatic heterocycles. The maximum absolute atomic E-state index is 11.8. The van der Waals surface area contributed by atoms with E-state index in [9.17, 15) is 4.79 Å². The summed E-state index contributed by atoms with van der Waals surface area (Å²) in [5.74, 6) is -0.444. The van der Waals surface area contributed by atoms with Crippen LogP contribution in [0.1, 0.15) is 52.9 Å². The van der Waals surface area contributed by atoms with Crippen LogP contribution in [-0.2, 0) is 14.3 Å². The van der Waals surface area contributed by atoms with Gasteiger partial charge in [-0.05, 0) is 46.1 Å². The zero-order valence-electron chi connectivity index (χ0n) is 12.9. The molecule has 1 amide bonds. The van der Waals surface area contributed by atoms with Crippen LogP contribution in [0.25, 0.3) is 0 Å². The van der Waals surface area contributed by atoms with Crippen molar-refractivity contribution in [1.29, 1.82) is 0 Å². The van der Waals surface area contributed by atoms with E-state index in [-0.39, 0.29) is 24.2 Å². The fraction of sp³-hybridized carbons (Fsp3) is 0.933. The Labute approximate surface area is 121 Å². The third-order valence-electron chi connectivity index (χ3n) is 4.25. The normalized spacial score (nSPS) is 34.0. The predicted molar refractivity (Wildman–Crippen MR) is 77.1 cm³/mol. The van der Waals surface area contributed by atoms with Crippen LogP contribution in [0.4, 0.5) is 0 Å². The summed E-state index contributed by atoms with van der Waals surface area (Å²) in [4.78, 5) is 13.8. The maximum atomic E-state index is 11.8. The Morgan fingerprint density at radius 3 is 2.75 bits per heavy atom. The van der Waals surface area contributed by atoms with Gasteiger partial charge >= 0.3 is 0 Å². The van der Waals surface area contributed by atoms with Crippen LogP contribution in [0.2, 0.25) is 0 Å². The molecule has 0 aromatic rings. The van der Waals surface area contributed by atoms with Crippen LogP contribution >= 0.6 is 0 Å². The van der Waals surface area contributed by atoms with Crippen LogP contribution in [0, 0.1) is 0 Å². The fourth-order valence-corrected chi connectivity index (χ4v) is 3.48. The number of piperidine rings is 1. The molecule has 2 aliphatic rings. The lowest BCUT2D eigenvalue weighted by atomic mass is 9.92. The highest BCUT2D eigenvalue weighted by atomic mass is 16.7. The summed E-state index contributed by atoms with van der Waals surface area (Å²) >= 11 is 0. The van der Waals surface area contributed by atoms with Crippen molar-refractivity contribution in [2.45, 2.75) is 76.9 Å². The van der Waals surface area contributed by atoms with Gasteiger partial charge in [0.05, 0.1) is 18.2 Å². The molecule has 3 atom stereocenters. The minimum atomic E-state index is -0.595. The molecule has 2 heterocycles. The number of nitrogens with two attached hydrogens (primary N) is 1. The molecular formula is C15H28N2O3. The molecule has 5 nitrogen and oxygen atoms in total. The van der Waals surface area contributed by atoms with Crippen LogP contribution in [-0.4, -0.2) is 47.9 Å². The van der Waals surface area contributed by atoms with Crippen molar-refractivity contribution in [3.63, 3.8) is 0 Å². The predicted octanol–water partition coefficient (Wildman–Crippen LogP) is 1.65. The lowest BCUT2D eigenvalue weighted by molar-refractivity contribution is -0.309. The van der Waals surface area contributed by atoms with Crippen molar-refractivity contribution >= 4 is 5.91 Å². The van der Waals surface area contributed by atoms with Gasteiger partial charge in [0.25, 0.3) is 0 Å². The summed E-state index contributed by atoms with van der Waals surface area (Å²) in [5, 5.41) is 0. The number of rotatable bonds is 3. The van der Waals surface area contributed by atoms with Gasteiger partial charge in [0.2, 0.25) is 5.91 Å². The first-order chi connectivity index (χ1) is 9.43. The standard InChI is InChI=1S/C15H28N2O3/c1-11(18)17-9-5-4-6-13(17)14-10-12(7-8-16)19-15(2,3)20-14/h12-14H,4-10,16H2,1-3H3. The second-order valence-corrected chi connectivity index (χ2v) is 6.38. The number of carbonyl (C=O) groups excluding carboxylic acids is 1. The molecule has 0 aliphatic carbocycles. The summed E-state index contributed by atoms with van der Waals surface area (Å²) in [7, 11) is 0. The van der Waals surface area contributed by atoms with E-state index >= 15 is 0 Å². The monoisotopic (exact) mass is 284 g/mol. The second kappa shape index (κ2) is 6.41. The third-order valence-corrected chi connectivity index (χ3v) is 4.25. The summed E-state index contributed by atoms with van der Waals surface area (Å²) in [6, 6.07) is 0.185. The number of hydrogen-bond donors (Lipinski definition) is 1. The Kier molecular flexibility index (Phi) is 5.04. The number of carbonyl (C=O) groups is 1. The van der Waals surface area contributed by atoms with Crippen molar-refractivity contribution in [1.82, 2.24) is 4.90 Å². The van der Waals surface area contributed by atoms with Gasteiger partial charge < -0.3 is 20.1 Å². The number of amides is 1. The summed E-state index contributed by atoms with van der Waals surface area (Å²) < 4.78 is 12.0. The van der Waals surface area contributed by atoms with E-state index in [0.717, 1.165) is 38.6 Å². The van der Waals surface area contributed by atoms with Gasteiger partial charge in [-0.3, -0.25) is 4.79 Å². The molecule has 116 valence electrons. The van der Waals surface area contributed by atoms with Gasteiger partial charge in [-0.15, -0.1) is 0 Å². The minimum absolute atomic E-state index is 0.0551. The van der Waals surface area contributed by atoms with Gasteiger partial charge in [-0.1, -0.05) is 0 Å². The maximum Gasteiger partial charge on any atom is 0.219 e. The van der Waals surface area contributed by atoms with E-state index in [4.69, 9.17) is 15.2 Å². The average molecular weight is 284 g/mol. The molecule has 0 spiro atoms. The average Bonchev–Trinajstić information content (AvgIpc) is 2.37. The van der Waals surface area contributed by atoms with Crippen molar-refractivity contribution in [3.8, 4) is 0 Å². The SMILES string of the molecule is CC(=O)N1CCCCC1C1CC(CCN)OC(C)(C)O1. The molecule has 0 bridgehead atoms. The van der Waals surface area contributed by atoms with Gasteiger partial charge in [0.1, 0.15) is 0 Å². The highest BCUT2D eigenvalue weighted by Gasteiger charge is 2.41. The molecule has 3 unspecified atom stereocenters. The Bertz CT molecular complexity index is 346. The highest BCUT2D eigenvalue weighted by Crippen LogP contribution is 2.34. The molecule has 2 fully saturated rings. The van der Waals surface area contributed by atoms with Crippen LogP contribution in [0.5, 0.6) is 0 Å². The zero-order chi connectivity index (χ0) is 14.8. The minimum Gasteiger partial charge on any atom is -0.347 e. The number of nitrogens with zero attached hydrogens (tertiary/aromatic N) is 1. The van der Waals surface area contributed by atoms with Gasteiger partial charge in [0, 0.05) is 19.9 Å². The topological polar surface area (TPSA) is 64.8 Å². The zero-order valence-corrected chi connectivity index (χ0v) is 12.9. The summed E-state index contributed by atoms with van der Waals surface area (Å²) in [6.07, 6.45) is 5.14. The second-order valence-electron chi connectivity index (χ2n) is 6.38. The van der Waals surface area contributed by atoms with Crippen LogP contribution in [0.15, 0.2) is 0 Å². The van der Waals surface area contributed by atoms with Crippen molar-refractivity contribution < 1.29 is 14.3 Å². The Hall–Kier alpha value is -0.650. The third kappa shape index (κ3) is 3.71. The van der Waals surface area contributed by atoms with Gasteiger partial charge in [-0.2, -0.15) is 0 Å². The molecular weight excluding hydrogens is 256 g/mol. The van der Waals surface area contributed by atoms with Gasteiger partial charge in [-0.25, -0.2) is 0 Å². The lowest BCUT2D eigenvalue weighted by Crippen LogP contribution is -2.56. The molecule has 20 heavy (non-hydrogen) atoms. The molecule has 2 saturated heterocycles. The first-order valence-electron chi connectivity index (χ1n) is 7.76. The molecule has 0 radical (unpaired) electrons. The lowest BCUT2D eigenvalue weighted by Gasteiger charge is -2.47. The molecule has 2 aliphatic heterocycles. The van der Waals surface area contributed by atoms with E-state index in [1.807, 2.05) is 18.7 Å². The quantitative estimate of drug-likeness (QED) is 0.856. The Morgan fingerprint density at radius 1 is 1.35 bits per heavy atom. The van der Waals surface area contributed by atoms with E-state index in [1.165, 1.54) is 0 Å². The van der Waals surface area contributed by atoms with Gasteiger partial charge in [0.15, 0.2) is 5.79 Å². The highest BCUT2D eigenvalue weighted by molar-refractivity contribution is 5.73. The van der Waals surface area contributed by atoms with E-state index in [0.29, 0.717) is 6.54 Å². The molecule has 2 rings (SSSR count). The summed E-state index contributed by atoms with van der Waals surface area (Å²) in [5.41, 5.74) is 5.66.